The highest BCUT2D eigenvalue weighted by Gasteiger charge is 2.29. The lowest BCUT2D eigenvalue weighted by Gasteiger charge is -2.16. The highest BCUT2D eigenvalue weighted by molar-refractivity contribution is 7.89. The molecule has 0 amide bonds. The molecule has 146 valence electrons. The lowest BCUT2D eigenvalue weighted by molar-refractivity contribution is -0.384. The van der Waals surface area contributed by atoms with Crippen LogP contribution in [0.15, 0.2) is 47.4 Å². The Morgan fingerprint density at radius 3 is 2.57 bits per heavy atom. The normalized spacial score (nSPS) is 15.2. The minimum Gasteiger partial charge on any atom is -0.359 e. The summed E-state index contributed by atoms with van der Waals surface area (Å²) in [5, 5.41) is 15.6. The van der Waals surface area contributed by atoms with E-state index < -0.39 is 14.9 Å². The van der Waals surface area contributed by atoms with Gasteiger partial charge in [0.25, 0.3) is 5.69 Å². The molecule has 0 bridgehead atoms. The molecule has 0 radical (unpaired) electrons. The van der Waals surface area contributed by atoms with Crippen LogP contribution in [-0.2, 0) is 10.0 Å². The quantitative estimate of drug-likeness (QED) is 0.498. The summed E-state index contributed by atoms with van der Waals surface area (Å²) in [6, 6.07) is 11.6. The summed E-state index contributed by atoms with van der Waals surface area (Å²) in [7, 11) is -3.71. The number of aryl methyl sites for hydroxylation is 1. The number of sulfonamides is 1. The fourth-order valence-corrected chi connectivity index (χ4v) is 5.05. The fraction of sp³-hybridized carbons (Fsp3) is 0.263. The average molecular weight is 400 g/mol. The van der Waals surface area contributed by atoms with Gasteiger partial charge in [-0.3, -0.25) is 10.1 Å². The SMILES string of the molecule is Cc1cc2cc(Nc3ccc(S(=O)(=O)N4CCCC4)cc3[N+](=O)[O-])ccc2[nH]1. The minimum absolute atomic E-state index is 0.0524. The maximum Gasteiger partial charge on any atom is 0.294 e. The molecule has 2 aromatic carbocycles. The van der Waals surface area contributed by atoms with Gasteiger partial charge < -0.3 is 10.3 Å². The molecule has 2 N–H and O–H groups in total. The topological polar surface area (TPSA) is 108 Å². The number of nitro groups is 1. The van der Waals surface area contributed by atoms with Gasteiger partial charge in [-0.1, -0.05) is 0 Å². The van der Waals surface area contributed by atoms with Crippen molar-refractivity contribution in [2.24, 2.45) is 0 Å². The van der Waals surface area contributed by atoms with Crippen molar-refractivity contribution in [1.29, 1.82) is 0 Å². The summed E-state index contributed by atoms with van der Waals surface area (Å²) in [5.74, 6) is 0. The van der Waals surface area contributed by atoms with Crippen LogP contribution in [0, 0.1) is 17.0 Å². The van der Waals surface area contributed by atoms with E-state index in [-0.39, 0.29) is 16.3 Å². The number of hydrogen-bond acceptors (Lipinski definition) is 5. The number of fused-ring (bicyclic) bond motifs is 1. The van der Waals surface area contributed by atoms with Crippen molar-refractivity contribution in [2.45, 2.75) is 24.7 Å². The van der Waals surface area contributed by atoms with E-state index in [4.69, 9.17) is 0 Å². The van der Waals surface area contributed by atoms with E-state index in [0.717, 1.165) is 35.5 Å². The molecule has 4 rings (SSSR count). The van der Waals surface area contributed by atoms with Gasteiger partial charge in [-0.25, -0.2) is 8.42 Å². The third kappa shape index (κ3) is 3.34. The zero-order valence-electron chi connectivity index (χ0n) is 15.3. The van der Waals surface area contributed by atoms with Crippen LogP contribution in [0.25, 0.3) is 10.9 Å². The number of nitrogens with zero attached hydrogens (tertiary/aromatic N) is 2. The number of aromatic nitrogens is 1. The number of nitro benzene ring substituents is 1. The van der Waals surface area contributed by atoms with Gasteiger partial charge in [0, 0.05) is 41.4 Å². The van der Waals surface area contributed by atoms with E-state index in [1.165, 1.54) is 16.4 Å². The van der Waals surface area contributed by atoms with Gasteiger partial charge >= 0.3 is 0 Å². The first-order valence-corrected chi connectivity index (χ1v) is 10.4. The molecule has 0 unspecified atom stereocenters. The van der Waals surface area contributed by atoms with Crippen molar-refractivity contribution in [3.05, 3.63) is 58.3 Å². The van der Waals surface area contributed by atoms with Crippen LogP contribution in [0.2, 0.25) is 0 Å². The van der Waals surface area contributed by atoms with Gasteiger partial charge in [0.1, 0.15) is 5.69 Å². The molecule has 0 atom stereocenters. The molecule has 0 saturated carbocycles. The zero-order chi connectivity index (χ0) is 19.9. The molecule has 0 aliphatic carbocycles. The van der Waals surface area contributed by atoms with Gasteiger partial charge in [0.2, 0.25) is 10.0 Å². The Bertz CT molecular complexity index is 1160. The standard InChI is InChI=1S/C19H20N4O4S/c1-13-10-14-11-15(4-6-17(14)20-13)21-18-7-5-16(12-19(18)23(24)25)28(26,27)22-8-2-3-9-22/h4-7,10-12,20-21H,2-3,8-9H2,1H3. The fourth-order valence-electron chi connectivity index (χ4n) is 3.52. The van der Waals surface area contributed by atoms with E-state index >= 15 is 0 Å². The zero-order valence-corrected chi connectivity index (χ0v) is 16.1. The molecular weight excluding hydrogens is 380 g/mol. The predicted octanol–water partition coefficient (Wildman–Crippen LogP) is 3.91. The lowest BCUT2D eigenvalue weighted by Crippen LogP contribution is -2.27. The van der Waals surface area contributed by atoms with Gasteiger partial charge in [0.15, 0.2) is 0 Å². The molecule has 1 aliphatic heterocycles. The van der Waals surface area contributed by atoms with Crippen molar-refractivity contribution in [3.8, 4) is 0 Å². The summed E-state index contributed by atoms with van der Waals surface area (Å²) in [6.45, 7) is 2.86. The molecule has 1 fully saturated rings. The number of anilines is 2. The largest absolute Gasteiger partial charge is 0.359 e. The van der Waals surface area contributed by atoms with Crippen LogP contribution >= 0.6 is 0 Å². The third-order valence-corrected chi connectivity index (χ3v) is 6.80. The minimum atomic E-state index is -3.71. The smallest absolute Gasteiger partial charge is 0.294 e. The second kappa shape index (κ2) is 6.92. The number of aromatic amines is 1. The van der Waals surface area contributed by atoms with Gasteiger partial charge in [-0.05, 0) is 56.2 Å². The monoisotopic (exact) mass is 400 g/mol. The van der Waals surface area contributed by atoms with Crippen molar-refractivity contribution in [2.75, 3.05) is 18.4 Å². The number of hydrogen-bond donors (Lipinski definition) is 2. The van der Waals surface area contributed by atoms with Crippen molar-refractivity contribution >= 4 is 38.0 Å². The Morgan fingerprint density at radius 2 is 1.86 bits per heavy atom. The maximum atomic E-state index is 12.7. The molecule has 1 saturated heterocycles. The molecule has 1 aromatic heterocycles. The van der Waals surface area contributed by atoms with E-state index in [1.807, 2.05) is 31.2 Å². The second-order valence-corrected chi connectivity index (χ2v) is 8.86. The number of nitrogens with one attached hydrogen (secondary N) is 2. The summed E-state index contributed by atoms with van der Waals surface area (Å²) < 4.78 is 26.8. The van der Waals surface area contributed by atoms with Crippen LogP contribution in [0.1, 0.15) is 18.5 Å². The number of H-pyrrole nitrogens is 1. The Hall–Kier alpha value is -2.91. The molecule has 3 aromatic rings. The van der Waals surface area contributed by atoms with Crippen LogP contribution in [0.4, 0.5) is 17.1 Å². The molecule has 1 aliphatic rings. The molecule has 0 spiro atoms. The van der Waals surface area contributed by atoms with Gasteiger partial charge in [-0.2, -0.15) is 4.31 Å². The van der Waals surface area contributed by atoms with Crippen LogP contribution < -0.4 is 5.32 Å². The highest BCUT2D eigenvalue weighted by Crippen LogP contribution is 2.33. The number of rotatable bonds is 5. The van der Waals surface area contributed by atoms with Crippen molar-refractivity contribution in [1.82, 2.24) is 9.29 Å². The second-order valence-electron chi connectivity index (χ2n) is 6.93. The molecule has 2 heterocycles. The Balaban J connectivity index is 1.69. The first-order chi connectivity index (χ1) is 13.3. The Kier molecular flexibility index (Phi) is 4.56. The van der Waals surface area contributed by atoms with Crippen LogP contribution in [-0.4, -0.2) is 35.7 Å². The Labute approximate surface area is 162 Å². The molecule has 8 nitrogen and oxygen atoms in total. The molecule has 28 heavy (non-hydrogen) atoms. The van der Waals surface area contributed by atoms with E-state index in [1.54, 1.807) is 0 Å². The summed E-state index contributed by atoms with van der Waals surface area (Å²) in [4.78, 5) is 14.2. The lowest BCUT2D eigenvalue weighted by atomic mass is 10.2. The first kappa shape index (κ1) is 18.5. The van der Waals surface area contributed by atoms with E-state index in [9.17, 15) is 18.5 Å². The maximum absolute atomic E-state index is 12.7. The van der Waals surface area contributed by atoms with Crippen LogP contribution in [0.5, 0.6) is 0 Å². The van der Waals surface area contributed by atoms with Crippen molar-refractivity contribution < 1.29 is 13.3 Å². The van der Waals surface area contributed by atoms with Crippen molar-refractivity contribution in [3.63, 3.8) is 0 Å². The first-order valence-electron chi connectivity index (χ1n) is 8.99. The molecular formula is C19H20N4O4S. The third-order valence-electron chi connectivity index (χ3n) is 4.90. The number of benzene rings is 2. The molecule has 9 heteroatoms. The highest BCUT2D eigenvalue weighted by atomic mass is 32.2. The van der Waals surface area contributed by atoms with E-state index in [2.05, 4.69) is 10.3 Å². The average Bonchev–Trinajstić information content (AvgIpc) is 3.30. The summed E-state index contributed by atoms with van der Waals surface area (Å²) >= 11 is 0. The van der Waals surface area contributed by atoms with Gasteiger partial charge in [-0.15, -0.1) is 0 Å². The summed E-state index contributed by atoms with van der Waals surface area (Å²) in [6.07, 6.45) is 1.62. The predicted molar refractivity (Wildman–Crippen MR) is 107 cm³/mol. The summed E-state index contributed by atoms with van der Waals surface area (Å²) in [5.41, 5.74) is 2.66. The van der Waals surface area contributed by atoms with Gasteiger partial charge in [0.05, 0.1) is 9.82 Å². The Morgan fingerprint density at radius 1 is 1.11 bits per heavy atom. The van der Waals surface area contributed by atoms with E-state index in [0.29, 0.717) is 18.8 Å². The van der Waals surface area contributed by atoms with Crippen LogP contribution in [0.3, 0.4) is 0 Å².